The zero-order valence-corrected chi connectivity index (χ0v) is 14.3. The second-order valence-electron chi connectivity index (χ2n) is 5.81. The van der Waals surface area contributed by atoms with E-state index < -0.39 is 0 Å². The highest BCUT2D eigenvalue weighted by molar-refractivity contribution is 8.00. The topological polar surface area (TPSA) is 20.0 Å². The standard InChI is InChI=1S/C19H18N3S/c1-13-8-9-15-19(18(13)16-12-20-10-11-21(16)2)23-17-7-5-4-6-14(17)22(15)3/h4-12H,1-3H3/q+1. The number of aromatic nitrogens is 2. The third-order valence-corrected chi connectivity index (χ3v) is 5.54. The molecule has 0 saturated carbocycles. The molecule has 114 valence electrons. The molecule has 2 aromatic carbocycles. The van der Waals surface area contributed by atoms with Gasteiger partial charge in [0.25, 0.3) is 0 Å². The molecule has 0 unspecified atom stereocenters. The lowest BCUT2D eigenvalue weighted by Crippen LogP contribution is -2.31. The van der Waals surface area contributed by atoms with Crippen LogP contribution in [0.5, 0.6) is 0 Å². The van der Waals surface area contributed by atoms with Crippen LogP contribution in [0.2, 0.25) is 0 Å². The summed E-state index contributed by atoms with van der Waals surface area (Å²) in [6, 6.07) is 13.0. The van der Waals surface area contributed by atoms with Gasteiger partial charge in [-0.15, -0.1) is 0 Å². The third kappa shape index (κ3) is 2.21. The van der Waals surface area contributed by atoms with Gasteiger partial charge in [-0.1, -0.05) is 30.0 Å². The van der Waals surface area contributed by atoms with E-state index in [0.717, 1.165) is 5.69 Å². The summed E-state index contributed by atoms with van der Waals surface area (Å²) < 4.78 is 2.14. The summed E-state index contributed by atoms with van der Waals surface area (Å²) >= 11 is 1.85. The van der Waals surface area contributed by atoms with E-state index in [1.807, 2.05) is 30.4 Å². The van der Waals surface area contributed by atoms with E-state index in [0.29, 0.717) is 0 Å². The molecular formula is C19H18N3S+. The Balaban J connectivity index is 1.98. The Kier molecular flexibility index (Phi) is 3.34. The summed E-state index contributed by atoms with van der Waals surface area (Å²) in [6.45, 7) is 2.17. The molecule has 0 radical (unpaired) electrons. The molecule has 0 saturated heterocycles. The summed E-state index contributed by atoms with van der Waals surface area (Å²) in [6.07, 6.45) is 5.77. The molecule has 3 nitrogen and oxygen atoms in total. The van der Waals surface area contributed by atoms with Gasteiger partial charge in [-0.05, 0) is 30.7 Å². The van der Waals surface area contributed by atoms with Gasteiger partial charge in [0.1, 0.15) is 7.05 Å². The van der Waals surface area contributed by atoms with E-state index in [4.69, 9.17) is 0 Å². The molecule has 0 aliphatic carbocycles. The van der Waals surface area contributed by atoms with Crippen molar-refractivity contribution >= 4 is 23.1 Å². The van der Waals surface area contributed by atoms with Crippen molar-refractivity contribution in [3.8, 4) is 11.3 Å². The number of fused-ring (bicyclic) bond motifs is 2. The van der Waals surface area contributed by atoms with Crippen molar-refractivity contribution in [1.29, 1.82) is 0 Å². The Hall–Kier alpha value is -2.33. The largest absolute Gasteiger partial charge is 0.343 e. The van der Waals surface area contributed by atoms with E-state index in [1.165, 1.54) is 32.3 Å². The summed E-state index contributed by atoms with van der Waals surface area (Å²) in [5.41, 5.74) is 6.19. The highest BCUT2D eigenvalue weighted by atomic mass is 32.2. The molecule has 0 spiro atoms. The van der Waals surface area contributed by atoms with Crippen molar-refractivity contribution in [2.24, 2.45) is 7.05 Å². The lowest BCUT2D eigenvalue weighted by molar-refractivity contribution is -0.661. The van der Waals surface area contributed by atoms with Crippen molar-refractivity contribution in [3.05, 3.63) is 60.6 Å². The molecule has 3 aromatic rings. The number of benzene rings is 2. The van der Waals surface area contributed by atoms with Gasteiger partial charge in [0.15, 0.2) is 6.20 Å². The minimum absolute atomic E-state index is 1.14. The first-order valence-electron chi connectivity index (χ1n) is 7.61. The number of para-hydroxylation sites is 1. The van der Waals surface area contributed by atoms with Crippen LogP contribution in [0.1, 0.15) is 5.56 Å². The average molecular weight is 320 g/mol. The number of nitrogens with zero attached hydrogens (tertiary/aromatic N) is 3. The summed E-state index contributed by atoms with van der Waals surface area (Å²) in [7, 11) is 4.21. The van der Waals surface area contributed by atoms with Crippen LogP contribution in [0, 0.1) is 6.92 Å². The fraction of sp³-hybridized carbons (Fsp3) is 0.158. The molecule has 1 aromatic heterocycles. The molecular weight excluding hydrogens is 302 g/mol. The fourth-order valence-corrected chi connectivity index (χ4v) is 4.43. The zero-order chi connectivity index (χ0) is 16.0. The lowest BCUT2D eigenvalue weighted by Gasteiger charge is -2.30. The van der Waals surface area contributed by atoms with Gasteiger partial charge in [0.2, 0.25) is 5.69 Å². The minimum Gasteiger partial charge on any atom is -0.343 e. The van der Waals surface area contributed by atoms with E-state index in [1.54, 1.807) is 0 Å². The van der Waals surface area contributed by atoms with E-state index >= 15 is 0 Å². The van der Waals surface area contributed by atoms with Gasteiger partial charge in [-0.2, -0.15) is 4.57 Å². The first kappa shape index (κ1) is 14.3. The Bertz CT molecular complexity index is 905. The predicted octanol–water partition coefficient (Wildman–Crippen LogP) is 4.11. The van der Waals surface area contributed by atoms with Gasteiger partial charge in [0, 0.05) is 11.9 Å². The molecule has 0 atom stereocenters. The smallest absolute Gasteiger partial charge is 0.232 e. The first-order valence-corrected chi connectivity index (χ1v) is 8.42. The highest BCUT2D eigenvalue weighted by Gasteiger charge is 2.27. The number of anilines is 2. The Labute approximate surface area is 140 Å². The van der Waals surface area contributed by atoms with E-state index in [-0.39, 0.29) is 0 Å². The van der Waals surface area contributed by atoms with Crippen molar-refractivity contribution in [2.45, 2.75) is 16.7 Å². The van der Waals surface area contributed by atoms with Crippen molar-refractivity contribution < 1.29 is 4.57 Å². The average Bonchev–Trinajstić information content (AvgIpc) is 2.56. The first-order chi connectivity index (χ1) is 11.2. The SMILES string of the molecule is Cc1ccc2c(c1-c1cncc[n+]1C)Sc1ccccc1N2C. The maximum absolute atomic E-state index is 4.33. The molecule has 1 aliphatic rings. The van der Waals surface area contributed by atoms with Crippen LogP contribution in [-0.4, -0.2) is 12.0 Å². The minimum atomic E-state index is 1.14. The van der Waals surface area contributed by atoms with Gasteiger partial charge in [-0.3, -0.25) is 4.98 Å². The predicted molar refractivity (Wildman–Crippen MR) is 94.2 cm³/mol. The molecule has 23 heavy (non-hydrogen) atoms. The zero-order valence-electron chi connectivity index (χ0n) is 13.4. The summed E-state index contributed by atoms with van der Waals surface area (Å²) in [4.78, 5) is 9.20. The quantitative estimate of drug-likeness (QED) is 0.629. The normalized spacial score (nSPS) is 12.7. The van der Waals surface area contributed by atoms with E-state index in [2.05, 4.69) is 71.9 Å². The molecule has 0 bridgehead atoms. The third-order valence-electron chi connectivity index (χ3n) is 4.35. The number of aryl methyl sites for hydroxylation is 2. The van der Waals surface area contributed by atoms with Gasteiger partial charge in [0.05, 0.1) is 34.2 Å². The number of hydrogen-bond acceptors (Lipinski definition) is 3. The highest BCUT2D eigenvalue weighted by Crippen LogP contribution is 2.51. The summed E-state index contributed by atoms with van der Waals surface area (Å²) in [5, 5.41) is 0. The van der Waals surface area contributed by atoms with E-state index in [9.17, 15) is 0 Å². The molecule has 0 amide bonds. The Morgan fingerprint density at radius 2 is 1.91 bits per heavy atom. The van der Waals surface area contributed by atoms with Crippen LogP contribution in [0.3, 0.4) is 0 Å². The van der Waals surface area contributed by atoms with Crippen molar-refractivity contribution in [2.75, 3.05) is 11.9 Å². The van der Waals surface area contributed by atoms with Crippen molar-refractivity contribution in [1.82, 2.24) is 4.98 Å². The second kappa shape index (κ2) is 5.39. The molecule has 0 N–H and O–H groups in total. The Morgan fingerprint density at radius 3 is 2.74 bits per heavy atom. The van der Waals surface area contributed by atoms with Crippen LogP contribution >= 0.6 is 11.8 Å². The van der Waals surface area contributed by atoms with Gasteiger partial charge >= 0.3 is 0 Å². The van der Waals surface area contributed by atoms with Crippen LogP contribution in [-0.2, 0) is 7.05 Å². The molecule has 2 heterocycles. The maximum atomic E-state index is 4.33. The second-order valence-corrected chi connectivity index (χ2v) is 6.86. The van der Waals surface area contributed by atoms with Gasteiger partial charge < -0.3 is 4.90 Å². The fourth-order valence-electron chi connectivity index (χ4n) is 3.08. The van der Waals surface area contributed by atoms with Gasteiger partial charge in [-0.25, -0.2) is 0 Å². The van der Waals surface area contributed by atoms with Crippen LogP contribution in [0.25, 0.3) is 11.3 Å². The molecule has 4 rings (SSSR count). The number of hydrogen-bond donors (Lipinski definition) is 0. The van der Waals surface area contributed by atoms with Crippen LogP contribution in [0.4, 0.5) is 11.4 Å². The molecule has 0 fully saturated rings. The Morgan fingerprint density at radius 1 is 1.09 bits per heavy atom. The molecule has 4 heteroatoms. The summed E-state index contributed by atoms with van der Waals surface area (Å²) in [5.74, 6) is 0. The molecule has 1 aliphatic heterocycles. The van der Waals surface area contributed by atoms with Crippen LogP contribution < -0.4 is 9.47 Å². The van der Waals surface area contributed by atoms with Crippen LogP contribution in [0.15, 0.2) is 64.8 Å². The maximum Gasteiger partial charge on any atom is 0.232 e. The lowest BCUT2D eigenvalue weighted by atomic mass is 10.0. The van der Waals surface area contributed by atoms with Crippen molar-refractivity contribution in [3.63, 3.8) is 0 Å². The monoisotopic (exact) mass is 320 g/mol. The number of rotatable bonds is 1.